The highest BCUT2D eigenvalue weighted by Gasteiger charge is 2.18. The molecule has 0 bridgehead atoms. The van der Waals surface area contributed by atoms with Crippen LogP contribution < -0.4 is 20.5 Å². The molecule has 0 unspecified atom stereocenters. The number of benzene rings is 1. The monoisotopic (exact) mass is 304 g/mol. The van der Waals surface area contributed by atoms with E-state index in [9.17, 15) is 4.79 Å². The first-order valence-corrected chi connectivity index (χ1v) is 7.64. The Morgan fingerprint density at radius 2 is 2.05 bits per heavy atom. The molecule has 2 heterocycles. The topological polar surface area (TPSA) is 73.6 Å². The molecule has 0 aliphatic carbocycles. The molecule has 0 atom stereocenters. The number of carbonyl (C=O) groups excluding carboxylic acids is 1. The molecule has 6 heteroatoms. The van der Waals surface area contributed by atoms with Gasteiger partial charge in [-0.05, 0) is 23.4 Å². The van der Waals surface area contributed by atoms with Gasteiger partial charge in [0.1, 0.15) is 13.2 Å². The zero-order valence-electron chi connectivity index (χ0n) is 11.6. The second kappa shape index (κ2) is 5.65. The van der Waals surface area contributed by atoms with Crippen LogP contribution in [0.2, 0.25) is 0 Å². The van der Waals surface area contributed by atoms with Crippen molar-refractivity contribution in [2.24, 2.45) is 0 Å². The minimum atomic E-state index is -0.148. The summed E-state index contributed by atoms with van der Waals surface area (Å²) in [5.41, 5.74) is 8.01. The highest BCUT2D eigenvalue weighted by molar-refractivity contribution is 7.12. The predicted molar refractivity (Wildman–Crippen MR) is 83.5 cm³/mol. The fourth-order valence-corrected chi connectivity index (χ4v) is 3.10. The molecule has 0 fully saturated rings. The summed E-state index contributed by atoms with van der Waals surface area (Å²) in [6.07, 6.45) is 0.822. The smallest absolute Gasteiger partial charge is 0.266 e. The van der Waals surface area contributed by atoms with Gasteiger partial charge in [0.05, 0.1) is 16.3 Å². The molecular formula is C15H16N2O3S. The fraction of sp³-hybridized carbons (Fsp3) is 0.267. The number of carbonyl (C=O) groups is 1. The van der Waals surface area contributed by atoms with E-state index in [1.807, 2.05) is 18.4 Å². The molecular weight excluding hydrogens is 288 g/mol. The van der Waals surface area contributed by atoms with Gasteiger partial charge < -0.3 is 20.5 Å². The summed E-state index contributed by atoms with van der Waals surface area (Å²) < 4.78 is 11.0. The summed E-state index contributed by atoms with van der Waals surface area (Å²) in [5, 5.41) is 4.77. The third-order valence-corrected chi connectivity index (χ3v) is 4.25. The van der Waals surface area contributed by atoms with Gasteiger partial charge >= 0.3 is 0 Å². The van der Waals surface area contributed by atoms with Gasteiger partial charge in [0.25, 0.3) is 5.91 Å². The van der Waals surface area contributed by atoms with Gasteiger partial charge in [-0.3, -0.25) is 4.79 Å². The van der Waals surface area contributed by atoms with E-state index >= 15 is 0 Å². The average Bonchev–Trinajstić information content (AvgIpc) is 2.96. The summed E-state index contributed by atoms with van der Waals surface area (Å²) in [7, 11) is 0. The first kappa shape index (κ1) is 13.8. The van der Waals surface area contributed by atoms with Gasteiger partial charge in [-0.2, -0.15) is 0 Å². The summed E-state index contributed by atoms with van der Waals surface area (Å²) >= 11 is 1.43. The Bertz CT molecular complexity index is 682. The zero-order valence-corrected chi connectivity index (χ0v) is 12.5. The summed E-state index contributed by atoms with van der Waals surface area (Å²) in [6.45, 7) is 3.03. The summed E-state index contributed by atoms with van der Waals surface area (Å²) in [5.74, 6) is 1.07. The lowest BCUT2D eigenvalue weighted by Crippen LogP contribution is -2.17. The maximum Gasteiger partial charge on any atom is 0.266 e. The number of nitrogen functional groups attached to an aromatic ring is 1. The summed E-state index contributed by atoms with van der Waals surface area (Å²) in [4.78, 5) is 13.1. The zero-order chi connectivity index (χ0) is 14.8. The quantitative estimate of drug-likeness (QED) is 0.855. The molecule has 1 aliphatic heterocycles. The van der Waals surface area contributed by atoms with Crippen LogP contribution in [0.1, 0.15) is 22.2 Å². The highest BCUT2D eigenvalue weighted by atomic mass is 32.1. The lowest BCUT2D eigenvalue weighted by atomic mass is 10.2. The molecule has 1 amide bonds. The van der Waals surface area contributed by atoms with Gasteiger partial charge in [-0.25, -0.2) is 0 Å². The van der Waals surface area contributed by atoms with Gasteiger partial charge in [-0.15, -0.1) is 11.3 Å². The molecule has 1 aromatic heterocycles. The van der Waals surface area contributed by atoms with Crippen molar-refractivity contribution < 1.29 is 14.3 Å². The number of aryl methyl sites for hydroxylation is 1. The van der Waals surface area contributed by atoms with Crippen LogP contribution in [0.15, 0.2) is 23.6 Å². The van der Waals surface area contributed by atoms with Gasteiger partial charge in [0, 0.05) is 12.1 Å². The predicted octanol–water partition coefficient (Wildman–Crippen LogP) is 2.92. The van der Waals surface area contributed by atoms with Crippen molar-refractivity contribution >= 4 is 28.6 Å². The fourth-order valence-electron chi connectivity index (χ4n) is 2.21. The largest absolute Gasteiger partial charge is 0.486 e. The van der Waals surface area contributed by atoms with Crippen molar-refractivity contribution in [3.8, 4) is 11.5 Å². The molecule has 1 aliphatic rings. The lowest BCUT2D eigenvalue weighted by molar-refractivity contribution is 0.102. The van der Waals surface area contributed by atoms with E-state index in [2.05, 4.69) is 5.32 Å². The third kappa shape index (κ3) is 2.67. The number of ether oxygens (including phenoxy) is 2. The second-order valence-electron chi connectivity index (χ2n) is 4.67. The van der Waals surface area contributed by atoms with Crippen LogP contribution >= 0.6 is 11.3 Å². The molecule has 3 N–H and O–H groups in total. The van der Waals surface area contributed by atoms with E-state index in [1.165, 1.54) is 11.3 Å². The number of amides is 1. The minimum Gasteiger partial charge on any atom is -0.486 e. The van der Waals surface area contributed by atoms with E-state index in [0.717, 1.165) is 12.0 Å². The van der Waals surface area contributed by atoms with Crippen molar-refractivity contribution in [3.63, 3.8) is 0 Å². The Balaban J connectivity index is 1.86. The normalized spacial score (nSPS) is 13.0. The van der Waals surface area contributed by atoms with Gasteiger partial charge in [-0.1, -0.05) is 6.92 Å². The Morgan fingerprint density at radius 3 is 2.76 bits per heavy atom. The molecule has 3 rings (SSSR count). The van der Waals surface area contributed by atoms with Crippen molar-refractivity contribution in [2.45, 2.75) is 13.3 Å². The van der Waals surface area contributed by atoms with E-state index in [-0.39, 0.29) is 5.91 Å². The van der Waals surface area contributed by atoms with E-state index < -0.39 is 0 Å². The van der Waals surface area contributed by atoms with Gasteiger partial charge in [0.15, 0.2) is 11.5 Å². The second-order valence-corrected chi connectivity index (χ2v) is 5.58. The van der Waals surface area contributed by atoms with Crippen LogP contribution in [0.3, 0.4) is 0 Å². The maximum absolute atomic E-state index is 12.3. The number of nitrogens with two attached hydrogens (primary N) is 1. The number of hydrogen-bond acceptors (Lipinski definition) is 5. The minimum absolute atomic E-state index is 0.148. The molecule has 0 radical (unpaired) electrons. The number of nitrogens with one attached hydrogen (secondary N) is 1. The standard InChI is InChI=1S/C15H16N2O3S/c1-2-9-3-6-21-14(9)15(18)17-11-8-13-12(7-10(11)16)19-4-5-20-13/h3,6-8H,2,4-5,16H2,1H3,(H,17,18). The van der Waals surface area contributed by atoms with E-state index in [1.54, 1.807) is 12.1 Å². The number of thiophene rings is 1. The summed E-state index contributed by atoms with van der Waals surface area (Å²) in [6, 6.07) is 5.35. The molecule has 0 spiro atoms. The molecule has 5 nitrogen and oxygen atoms in total. The van der Waals surface area contributed by atoms with Crippen molar-refractivity contribution in [3.05, 3.63) is 34.0 Å². The average molecular weight is 304 g/mol. The van der Waals surface area contributed by atoms with Crippen LogP contribution in [0.4, 0.5) is 11.4 Å². The molecule has 110 valence electrons. The lowest BCUT2D eigenvalue weighted by Gasteiger charge is -2.20. The molecule has 1 aromatic carbocycles. The van der Waals surface area contributed by atoms with Crippen LogP contribution in [0, 0.1) is 0 Å². The maximum atomic E-state index is 12.3. The van der Waals surface area contributed by atoms with Crippen molar-refractivity contribution in [1.82, 2.24) is 0 Å². The number of fused-ring (bicyclic) bond motifs is 1. The highest BCUT2D eigenvalue weighted by Crippen LogP contribution is 2.37. The first-order chi connectivity index (χ1) is 10.2. The molecule has 0 saturated heterocycles. The SMILES string of the molecule is CCc1ccsc1C(=O)Nc1cc2c(cc1N)OCCO2. The Labute approximate surface area is 126 Å². The molecule has 21 heavy (non-hydrogen) atoms. The van der Waals surface area contributed by atoms with Crippen molar-refractivity contribution in [1.29, 1.82) is 0 Å². The van der Waals surface area contributed by atoms with E-state index in [4.69, 9.17) is 15.2 Å². The number of rotatable bonds is 3. The Morgan fingerprint density at radius 1 is 1.33 bits per heavy atom. The first-order valence-electron chi connectivity index (χ1n) is 6.76. The molecule has 0 saturated carbocycles. The van der Waals surface area contributed by atoms with Crippen molar-refractivity contribution in [2.75, 3.05) is 24.3 Å². The van der Waals surface area contributed by atoms with Crippen LogP contribution in [0.5, 0.6) is 11.5 Å². The van der Waals surface area contributed by atoms with E-state index in [0.29, 0.717) is 41.0 Å². The van der Waals surface area contributed by atoms with Gasteiger partial charge in [0.2, 0.25) is 0 Å². The van der Waals surface area contributed by atoms with Crippen LogP contribution in [-0.4, -0.2) is 19.1 Å². The number of hydrogen-bond donors (Lipinski definition) is 2. The Kier molecular flexibility index (Phi) is 3.70. The third-order valence-electron chi connectivity index (χ3n) is 3.30. The Hall–Kier alpha value is -2.21. The molecule has 2 aromatic rings. The van der Waals surface area contributed by atoms with Crippen LogP contribution in [0.25, 0.3) is 0 Å². The van der Waals surface area contributed by atoms with Crippen LogP contribution in [-0.2, 0) is 6.42 Å². The number of anilines is 2.